The fraction of sp³-hybridized carbons (Fsp3) is 0.0233. The zero-order chi connectivity index (χ0) is 90.2. The predicted molar refractivity (Wildman–Crippen MR) is 559 cm³/mol. The van der Waals surface area contributed by atoms with Crippen LogP contribution >= 0.6 is 0 Å². The SMILES string of the molecule is c1ccc(C2(c3ccccc3)c3ccccc3-c3ccc(-c4ccc5c(c4)Oc4cccc6c4B5c4ccccc4O6)cc32)cc1.c1ccc2c(c1)Oc1cc(-c3ccc4c(c3)C3(c5ccccc5-c5ccccc53)c3ccccc3-4)cc3c1B2c1ccccc1O3.c1ccc2c(c1)Oc1cccc3c1B2c1cccc(-c2ccc4c(c2)C2(c5ccccc5-c5ccccc52)c2ccccc2-4)c1O3. The minimum Gasteiger partial charge on any atom is -0.458 e. The summed E-state index contributed by atoms with van der Waals surface area (Å²) in [6.07, 6.45) is 0. The maximum Gasteiger partial charge on any atom is 0.260 e. The Morgan fingerprint density at radius 1 is 0.138 bits per heavy atom. The molecule has 0 bridgehead atoms. The molecule has 32 rings (SSSR count). The van der Waals surface area contributed by atoms with Crippen molar-refractivity contribution >= 4 is 69.3 Å². The molecule has 638 valence electrons. The van der Waals surface area contributed by atoms with E-state index in [0.29, 0.717) is 0 Å². The molecule has 21 aromatic rings. The van der Waals surface area contributed by atoms with Crippen LogP contribution in [0.3, 0.4) is 0 Å². The molecule has 0 fully saturated rings. The van der Waals surface area contributed by atoms with Crippen LogP contribution in [0.25, 0.3) is 89.0 Å². The first-order valence-electron chi connectivity index (χ1n) is 47.8. The van der Waals surface area contributed by atoms with E-state index in [9.17, 15) is 0 Å². The standard InChI is InChI=1S/2C43H25BO2.C43H27BO2/c1-4-14-32-28(11-1)29-12-2-5-15-33(29)43(32)34-16-6-3-13-30(34)31-22-21-26(23-35(31)43)27-24-40-42-41(25-27)46-39-20-10-8-18-37(39)44(42)36-17-7-9-19-38(36)45-40;1-4-15-32-28(11-1)29-12-2-5-16-33(29)43(32)34-17-6-3-13-30(34)31-24-23-26(25-35(31)43)27-14-9-19-37-42(27)46-40-22-10-21-39-41(40)44(37)36-18-7-8-20-38(36)45-39;1-3-12-30(13-4-1)43(31-14-5-2-6-15-31)34-17-8-7-16-32(34)33-24-22-28(26-35(33)43)29-23-25-37-41(27-29)46-40-21-11-20-39-42(40)44(37)36-18-9-10-19-38(36)45-39/h2*1-25H;1-27H. The molecule has 0 unspecified atom stereocenters. The molecule has 0 saturated heterocycles. The van der Waals surface area contributed by atoms with Crippen molar-refractivity contribution < 1.29 is 28.4 Å². The minimum atomic E-state index is -0.434. The summed E-state index contributed by atoms with van der Waals surface area (Å²) in [6, 6.07) is 169. The van der Waals surface area contributed by atoms with Crippen LogP contribution < -0.4 is 77.6 Å². The van der Waals surface area contributed by atoms with Gasteiger partial charge in [-0.15, -0.1) is 0 Å². The van der Waals surface area contributed by atoms with Crippen LogP contribution in [0.2, 0.25) is 0 Å². The van der Waals surface area contributed by atoms with Crippen molar-refractivity contribution in [2.24, 2.45) is 0 Å². The van der Waals surface area contributed by atoms with Crippen molar-refractivity contribution in [2.45, 2.75) is 16.2 Å². The van der Waals surface area contributed by atoms with Gasteiger partial charge in [0, 0.05) is 22.0 Å². The number of hydrogen-bond acceptors (Lipinski definition) is 6. The molecule has 21 aromatic carbocycles. The molecule has 138 heavy (non-hydrogen) atoms. The van der Waals surface area contributed by atoms with Crippen molar-refractivity contribution in [3.8, 4) is 158 Å². The quantitative estimate of drug-likeness (QED) is 0.160. The lowest BCUT2D eigenvalue weighted by Gasteiger charge is -2.34. The predicted octanol–water partition coefficient (Wildman–Crippen LogP) is 25.3. The summed E-state index contributed by atoms with van der Waals surface area (Å²) in [4.78, 5) is 0. The van der Waals surface area contributed by atoms with Crippen LogP contribution in [0.4, 0.5) is 0 Å². The number of hydrogen-bond donors (Lipinski definition) is 0. The molecule has 6 aliphatic heterocycles. The van der Waals surface area contributed by atoms with E-state index in [1.165, 1.54) is 155 Å². The summed E-state index contributed by atoms with van der Waals surface area (Å²) < 4.78 is 39.5. The molecule has 11 aliphatic rings. The van der Waals surface area contributed by atoms with E-state index in [4.69, 9.17) is 28.4 Å². The van der Waals surface area contributed by atoms with Crippen LogP contribution in [-0.4, -0.2) is 20.1 Å². The lowest BCUT2D eigenvalue weighted by molar-refractivity contribution is 0.464. The zero-order valence-corrected chi connectivity index (χ0v) is 74.6. The molecular formula is C129H77B3O6. The summed E-state index contributed by atoms with van der Waals surface area (Å²) in [5.74, 6) is 10.6. The second kappa shape index (κ2) is 29.3. The van der Waals surface area contributed by atoms with E-state index in [1.54, 1.807) is 0 Å². The van der Waals surface area contributed by atoms with Crippen LogP contribution in [0.1, 0.15) is 66.8 Å². The van der Waals surface area contributed by atoms with Gasteiger partial charge in [-0.3, -0.25) is 0 Å². The molecular weight excluding hydrogens is 1680 g/mol. The Morgan fingerprint density at radius 3 is 0.797 bits per heavy atom. The lowest BCUT2D eigenvalue weighted by atomic mass is 9.34. The van der Waals surface area contributed by atoms with E-state index >= 15 is 0 Å². The van der Waals surface area contributed by atoms with Gasteiger partial charge in [0.15, 0.2) is 0 Å². The van der Waals surface area contributed by atoms with Gasteiger partial charge < -0.3 is 28.4 Å². The second-order valence-corrected chi connectivity index (χ2v) is 37.8. The highest BCUT2D eigenvalue weighted by Crippen LogP contribution is 2.66. The smallest absolute Gasteiger partial charge is 0.260 e. The van der Waals surface area contributed by atoms with Crippen molar-refractivity contribution in [2.75, 3.05) is 0 Å². The van der Waals surface area contributed by atoms with Crippen molar-refractivity contribution in [3.05, 3.63) is 534 Å². The normalized spacial score (nSPS) is 14.4. The molecule has 6 nitrogen and oxygen atoms in total. The van der Waals surface area contributed by atoms with E-state index in [-0.39, 0.29) is 31.0 Å². The number of para-hydroxylation sites is 5. The zero-order valence-electron chi connectivity index (χ0n) is 74.6. The number of fused-ring (bicyclic) bond motifs is 35. The highest BCUT2D eigenvalue weighted by molar-refractivity contribution is 6.99. The van der Waals surface area contributed by atoms with Gasteiger partial charge in [0.25, 0.3) is 20.1 Å². The Kier molecular flexibility index (Phi) is 16.4. The van der Waals surface area contributed by atoms with Gasteiger partial charge in [0.1, 0.15) is 69.0 Å². The fourth-order valence-electron chi connectivity index (χ4n) is 25.9. The molecule has 0 aromatic heterocycles. The summed E-state index contributed by atoms with van der Waals surface area (Å²) in [6.45, 7) is 0.170. The van der Waals surface area contributed by atoms with Crippen LogP contribution in [0.15, 0.2) is 467 Å². The van der Waals surface area contributed by atoms with Gasteiger partial charge in [-0.1, -0.05) is 382 Å². The van der Waals surface area contributed by atoms with Crippen molar-refractivity contribution in [1.82, 2.24) is 0 Å². The maximum atomic E-state index is 6.86. The Morgan fingerprint density at radius 2 is 0.384 bits per heavy atom. The van der Waals surface area contributed by atoms with Gasteiger partial charge in [-0.25, -0.2) is 0 Å². The van der Waals surface area contributed by atoms with Crippen molar-refractivity contribution in [1.29, 1.82) is 0 Å². The third kappa shape index (κ3) is 10.6. The molecule has 6 heterocycles. The Bertz CT molecular complexity index is 8610. The largest absolute Gasteiger partial charge is 0.458 e. The molecule has 0 N–H and O–H groups in total. The van der Waals surface area contributed by atoms with E-state index in [2.05, 4.69) is 437 Å². The van der Waals surface area contributed by atoms with E-state index in [0.717, 1.165) is 119 Å². The van der Waals surface area contributed by atoms with Crippen LogP contribution in [-0.2, 0) is 16.2 Å². The monoisotopic (exact) mass is 1750 g/mol. The van der Waals surface area contributed by atoms with Crippen molar-refractivity contribution in [3.63, 3.8) is 0 Å². The highest BCUT2D eigenvalue weighted by atomic mass is 16.5. The summed E-state index contributed by atoms with van der Waals surface area (Å²) in [5, 5.41) is 0. The van der Waals surface area contributed by atoms with Crippen LogP contribution in [0.5, 0.6) is 69.0 Å². The van der Waals surface area contributed by atoms with E-state index in [1.807, 2.05) is 30.3 Å². The molecule has 2 spiro atoms. The lowest BCUT2D eigenvalue weighted by Crippen LogP contribution is -2.57. The molecule has 5 aliphatic carbocycles. The average molecular weight is 1760 g/mol. The van der Waals surface area contributed by atoms with E-state index < -0.39 is 5.41 Å². The topological polar surface area (TPSA) is 55.4 Å². The average Bonchev–Trinajstić information content (AvgIpc) is 1.51. The molecule has 0 atom stereocenters. The first-order valence-corrected chi connectivity index (χ1v) is 47.8. The molecule has 9 heteroatoms. The first kappa shape index (κ1) is 77.1. The molecule has 0 radical (unpaired) electrons. The minimum absolute atomic E-state index is 0.0402. The maximum absolute atomic E-state index is 6.86. The number of benzene rings is 21. The third-order valence-corrected chi connectivity index (χ3v) is 31.4. The van der Waals surface area contributed by atoms with Gasteiger partial charge in [-0.05, 0) is 268 Å². The Labute approximate surface area is 800 Å². The van der Waals surface area contributed by atoms with Gasteiger partial charge in [-0.2, -0.15) is 0 Å². The summed E-state index contributed by atoms with van der Waals surface area (Å²) >= 11 is 0. The third-order valence-electron chi connectivity index (χ3n) is 31.4. The molecule has 0 saturated carbocycles. The Hall–Kier alpha value is -17.4. The number of rotatable bonds is 5. The Balaban J connectivity index is 0.0000000978. The van der Waals surface area contributed by atoms with Gasteiger partial charge >= 0.3 is 0 Å². The van der Waals surface area contributed by atoms with Crippen LogP contribution in [0, 0.1) is 0 Å². The summed E-state index contributed by atoms with van der Waals surface area (Å²) in [5.41, 5.74) is 44.9. The second-order valence-electron chi connectivity index (χ2n) is 37.8. The van der Waals surface area contributed by atoms with Gasteiger partial charge in [0.2, 0.25) is 0 Å². The highest BCUT2D eigenvalue weighted by Gasteiger charge is 2.55. The van der Waals surface area contributed by atoms with Gasteiger partial charge in [0.05, 0.1) is 16.2 Å². The fourth-order valence-corrected chi connectivity index (χ4v) is 25.9. The molecule has 0 amide bonds. The number of ether oxygens (including phenoxy) is 6. The first-order chi connectivity index (χ1) is 68.4. The summed E-state index contributed by atoms with van der Waals surface area (Å²) in [7, 11) is 0.